The van der Waals surface area contributed by atoms with Crippen LogP contribution in [0.2, 0.25) is 0 Å². The fourth-order valence-corrected chi connectivity index (χ4v) is 7.22. The molecule has 3 fully saturated rings. The third kappa shape index (κ3) is 5.82. The smallest absolute Gasteiger partial charge is 0.273 e. The molecule has 4 rings (SSSR count). The van der Waals surface area contributed by atoms with Gasteiger partial charge in [0.15, 0.2) is 5.69 Å². The number of nitrogens with zero attached hydrogens (tertiary/aromatic N) is 3. The van der Waals surface area contributed by atoms with Gasteiger partial charge >= 0.3 is 0 Å². The van der Waals surface area contributed by atoms with Crippen molar-refractivity contribution in [3.63, 3.8) is 0 Å². The summed E-state index contributed by atoms with van der Waals surface area (Å²) in [7, 11) is -0.679. The third-order valence-corrected chi connectivity index (χ3v) is 9.18. The van der Waals surface area contributed by atoms with E-state index >= 15 is 0 Å². The maximum Gasteiger partial charge on any atom is 0.273 e. The summed E-state index contributed by atoms with van der Waals surface area (Å²) in [6.45, 7) is 4.77. The van der Waals surface area contributed by atoms with Crippen LogP contribution in [0.4, 0.5) is 0 Å². The Labute approximate surface area is 188 Å². The Bertz CT molecular complexity index is 752. The maximum absolute atomic E-state index is 12.7. The van der Waals surface area contributed by atoms with Crippen molar-refractivity contribution in [1.82, 2.24) is 19.7 Å². The second kappa shape index (κ2) is 9.79. The van der Waals surface area contributed by atoms with E-state index in [-0.39, 0.29) is 19.4 Å². The lowest BCUT2D eigenvalue weighted by molar-refractivity contribution is 0.0897. The van der Waals surface area contributed by atoms with Crippen molar-refractivity contribution in [1.29, 1.82) is 0 Å². The summed E-state index contributed by atoms with van der Waals surface area (Å²) in [5.41, 5.74) is 0.350. The van der Waals surface area contributed by atoms with Crippen molar-refractivity contribution in [3.8, 4) is 0 Å². The van der Waals surface area contributed by atoms with E-state index in [1.54, 1.807) is 6.07 Å². The molecule has 0 unspecified atom stereocenters. The molecule has 2 aliphatic heterocycles. The van der Waals surface area contributed by atoms with Crippen LogP contribution in [0.1, 0.15) is 81.9 Å². The number of carbonyl (C=O) groups excluding carboxylic acids is 1. The van der Waals surface area contributed by atoms with Crippen LogP contribution in [0, 0.1) is 5.92 Å². The molecule has 1 aromatic heterocycles. The van der Waals surface area contributed by atoms with Crippen LogP contribution in [0.25, 0.3) is 0 Å². The maximum atomic E-state index is 12.7. The molecule has 3 N–H and O–H groups in total. The molecule has 9 heteroatoms. The molecule has 1 aliphatic carbocycles. The number of piperidine rings is 2. The zero-order valence-electron chi connectivity index (χ0n) is 18.8. The first-order valence-corrected chi connectivity index (χ1v) is 13.5. The molecule has 1 saturated carbocycles. The lowest BCUT2D eigenvalue weighted by atomic mass is 9.96. The second-order valence-corrected chi connectivity index (χ2v) is 11.8. The average Bonchev–Trinajstić information content (AvgIpc) is 3.46. The predicted octanol–water partition coefficient (Wildman–Crippen LogP) is 4.17. The number of hydrogen-bond donors (Lipinski definition) is 3. The molecular formula is C22H40N4O4S. The fourth-order valence-electron chi connectivity index (χ4n) is 5.00. The van der Waals surface area contributed by atoms with Crippen LogP contribution in [-0.2, 0) is 0 Å². The second-order valence-electron chi connectivity index (χ2n) is 9.71. The molecule has 0 radical (unpaired) electrons. The molecule has 0 aromatic carbocycles. The first-order chi connectivity index (χ1) is 14.9. The van der Waals surface area contributed by atoms with E-state index in [2.05, 4.69) is 29.3 Å². The van der Waals surface area contributed by atoms with Gasteiger partial charge in [0.1, 0.15) is 5.76 Å². The van der Waals surface area contributed by atoms with Crippen LogP contribution in [0.15, 0.2) is 10.6 Å². The van der Waals surface area contributed by atoms with Crippen molar-refractivity contribution in [2.45, 2.75) is 76.3 Å². The minimum absolute atomic E-state index is 0. The van der Waals surface area contributed by atoms with Gasteiger partial charge in [-0.15, -0.1) is 10.8 Å². The van der Waals surface area contributed by atoms with Gasteiger partial charge in [0, 0.05) is 32.0 Å². The molecule has 0 spiro atoms. The molecule has 3 heterocycles. The SMILES string of the molecule is CCC[C@H]1C[C@@H](NC(=O)c2cc(C3CC3)on2)CCN1S(O)(O)CC1CCN(C)CC1.[HH]. The largest absolute Gasteiger partial charge is 0.360 e. The first kappa shape index (κ1) is 23.0. The lowest BCUT2D eigenvalue weighted by Gasteiger charge is -2.52. The van der Waals surface area contributed by atoms with E-state index in [0.717, 1.165) is 63.8 Å². The van der Waals surface area contributed by atoms with Gasteiger partial charge in [0.05, 0.1) is 5.75 Å². The molecule has 2 saturated heterocycles. The van der Waals surface area contributed by atoms with E-state index in [9.17, 15) is 13.9 Å². The molecule has 2 atom stereocenters. The Morgan fingerprint density at radius 2 is 2.00 bits per heavy atom. The number of rotatable bonds is 8. The zero-order chi connectivity index (χ0) is 22.0. The highest BCUT2D eigenvalue weighted by atomic mass is 32.3. The summed E-state index contributed by atoms with van der Waals surface area (Å²) in [4.78, 5) is 15.0. The number of aromatic nitrogens is 1. The number of amides is 1. The molecule has 178 valence electrons. The highest BCUT2D eigenvalue weighted by Gasteiger charge is 2.38. The fraction of sp³-hybridized carbons (Fsp3) is 0.818. The molecular weight excluding hydrogens is 416 g/mol. The number of likely N-dealkylation sites (tertiary alicyclic amines) is 1. The summed E-state index contributed by atoms with van der Waals surface area (Å²) in [6.07, 6.45) is 7.58. The van der Waals surface area contributed by atoms with Crippen molar-refractivity contribution in [3.05, 3.63) is 17.5 Å². The topological polar surface area (TPSA) is 102 Å². The van der Waals surface area contributed by atoms with Crippen LogP contribution >= 0.6 is 10.8 Å². The summed E-state index contributed by atoms with van der Waals surface area (Å²) < 4.78 is 29.5. The lowest BCUT2D eigenvalue weighted by Crippen LogP contribution is -2.51. The van der Waals surface area contributed by atoms with E-state index in [1.807, 2.05) is 4.31 Å². The van der Waals surface area contributed by atoms with Crippen LogP contribution in [0.5, 0.6) is 0 Å². The van der Waals surface area contributed by atoms with Gasteiger partial charge in [0.2, 0.25) is 0 Å². The van der Waals surface area contributed by atoms with E-state index < -0.39 is 10.8 Å². The average molecular weight is 457 g/mol. The Morgan fingerprint density at radius 1 is 1.26 bits per heavy atom. The first-order valence-electron chi connectivity index (χ1n) is 11.8. The Morgan fingerprint density at radius 3 is 2.68 bits per heavy atom. The van der Waals surface area contributed by atoms with Crippen LogP contribution in [-0.4, -0.2) is 73.9 Å². The van der Waals surface area contributed by atoms with Crippen LogP contribution < -0.4 is 5.32 Å². The van der Waals surface area contributed by atoms with Gasteiger partial charge in [-0.1, -0.05) is 18.5 Å². The van der Waals surface area contributed by atoms with Crippen molar-refractivity contribution < 1.29 is 19.8 Å². The van der Waals surface area contributed by atoms with E-state index in [4.69, 9.17) is 4.52 Å². The standard InChI is InChI=1S/C22H38N4O4S.H2/c1-3-4-19-13-18(23-22(27)20-14-21(30-24-20)17-5-6-17)9-12-26(19)31(28,29)15-16-7-10-25(2)11-8-16;/h14,16-19,28-29H,3-13,15H2,1-2H3,(H,23,27);1H/t18-,19-;/m0./s1. The van der Waals surface area contributed by atoms with Gasteiger partial charge in [0.25, 0.3) is 5.91 Å². The molecule has 31 heavy (non-hydrogen) atoms. The van der Waals surface area contributed by atoms with Crippen molar-refractivity contribution in [2.75, 3.05) is 32.4 Å². The summed E-state index contributed by atoms with van der Waals surface area (Å²) in [5, 5.41) is 7.05. The Balaban J connectivity index is 0.00000289. The van der Waals surface area contributed by atoms with Crippen molar-refractivity contribution in [2.24, 2.45) is 5.92 Å². The summed E-state index contributed by atoms with van der Waals surface area (Å²) >= 11 is 0. The van der Waals surface area contributed by atoms with E-state index in [0.29, 0.717) is 36.2 Å². The third-order valence-electron chi connectivity index (χ3n) is 7.03. The van der Waals surface area contributed by atoms with Gasteiger partial charge < -0.3 is 14.7 Å². The van der Waals surface area contributed by atoms with Gasteiger partial charge in [-0.25, -0.2) is 4.31 Å². The van der Waals surface area contributed by atoms with Gasteiger partial charge in [-0.2, -0.15) is 0 Å². The number of hydrogen-bond acceptors (Lipinski definition) is 7. The molecule has 3 aliphatic rings. The monoisotopic (exact) mass is 456 g/mol. The number of nitrogens with one attached hydrogen (secondary N) is 1. The molecule has 1 amide bonds. The molecule has 1 aromatic rings. The Hall–Kier alpha value is -1.13. The summed E-state index contributed by atoms with van der Waals surface area (Å²) in [5.74, 6) is 1.89. The van der Waals surface area contributed by atoms with Crippen molar-refractivity contribution >= 4 is 16.7 Å². The highest BCUT2D eigenvalue weighted by molar-refractivity contribution is 8.22. The summed E-state index contributed by atoms with van der Waals surface area (Å²) in [6, 6.07) is 1.85. The molecule has 8 nitrogen and oxygen atoms in total. The van der Waals surface area contributed by atoms with Crippen LogP contribution in [0.3, 0.4) is 0 Å². The number of carbonyl (C=O) groups is 1. The Kier molecular flexibility index (Phi) is 7.27. The quantitative estimate of drug-likeness (QED) is 0.539. The van der Waals surface area contributed by atoms with Gasteiger partial charge in [-0.05, 0) is 71.0 Å². The normalized spacial score (nSPS) is 27.4. The highest BCUT2D eigenvalue weighted by Crippen LogP contribution is 2.50. The zero-order valence-corrected chi connectivity index (χ0v) is 19.6. The minimum Gasteiger partial charge on any atom is -0.360 e. The minimum atomic E-state index is -2.80. The predicted molar refractivity (Wildman–Crippen MR) is 124 cm³/mol. The van der Waals surface area contributed by atoms with Gasteiger partial charge in [-0.3, -0.25) is 13.9 Å². The van der Waals surface area contributed by atoms with E-state index in [1.165, 1.54) is 0 Å². The molecule has 0 bridgehead atoms.